The standard InChI is InChI=1S/C15H16N4/c1-10-6-7-11(10)9-17-15-12-4-2-3-5-13(12)18-14(8-16)19-15/h9H,1-7H2,(H,17,18,19)/b11-9+. The first-order valence-electron chi connectivity index (χ1n) is 6.71. The predicted molar refractivity (Wildman–Crippen MR) is 73.5 cm³/mol. The Morgan fingerprint density at radius 3 is 2.68 bits per heavy atom. The molecule has 1 aromatic heterocycles. The predicted octanol–water partition coefficient (Wildman–Crippen LogP) is 2.87. The highest BCUT2D eigenvalue weighted by molar-refractivity contribution is 5.52. The highest BCUT2D eigenvalue weighted by Gasteiger charge is 2.18. The number of aromatic nitrogens is 2. The Balaban J connectivity index is 1.93. The van der Waals surface area contributed by atoms with Crippen LogP contribution in [0.15, 0.2) is 23.9 Å². The Morgan fingerprint density at radius 2 is 2.00 bits per heavy atom. The minimum absolute atomic E-state index is 0.258. The van der Waals surface area contributed by atoms with Crippen LogP contribution in [0.2, 0.25) is 0 Å². The molecule has 0 aromatic carbocycles. The van der Waals surface area contributed by atoms with Gasteiger partial charge in [-0.1, -0.05) is 12.2 Å². The molecule has 2 aliphatic rings. The Kier molecular flexibility index (Phi) is 3.04. The van der Waals surface area contributed by atoms with Crippen LogP contribution < -0.4 is 5.32 Å². The zero-order chi connectivity index (χ0) is 13.2. The molecule has 0 aliphatic heterocycles. The van der Waals surface area contributed by atoms with Crippen LogP contribution >= 0.6 is 0 Å². The molecule has 4 nitrogen and oxygen atoms in total. The first-order chi connectivity index (χ1) is 9.28. The maximum Gasteiger partial charge on any atom is 0.234 e. The van der Waals surface area contributed by atoms with Crippen molar-refractivity contribution in [3.63, 3.8) is 0 Å². The fourth-order valence-corrected chi connectivity index (χ4v) is 2.54. The fraction of sp³-hybridized carbons (Fsp3) is 0.400. The summed E-state index contributed by atoms with van der Waals surface area (Å²) >= 11 is 0. The molecule has 0 saturated heterocycles. The van der Waals surface area contributed by atoms with Crippen LogP contribution in [0.4, 0.5) is 5.82 Å². The molecular weight excluding hydrogens is 236 g/mol. The van der Waals surface area contributed by atoms with Crippen molar-refractivity contribution in [1.29, 1.82) is 5.26 Å². The van der Waals surface area contributed by atoms with E-state index in [1.165, 1.54) is 23.1 Å². The van der Waals surface area contributed by atoms with Crippen molar-refractivity contribution in [3.05, 3.63) is 41.0 Å². The molecule has 19 heavy (non-hydrogen) atoms. The summed E-state index contributed by atoms with van der Waals surface area (Å²) in [6.07, 6.45) is 8.39. The van der Waals surface area contributed by atoms with E-state index in [1.54, 1.807) is 0 Å². The molecule has 0 atom stereocenters. The Morgan fingerprint density at radius 1 is 1.16 bits per heavy atom. The average Bonchev–Trinajstić information content (AvgIpc) is 2.45. The normalized spacial score (nSPS) is 19.5. The molecule has 0 spiro atoms. The summed E-state index contributed by atoms with van der Waals surface area (Å²) in [4.78, 5) is 8.62. The van der Waals surface area contributed by atoms with Gasteiger partial charge in [-0.25, -0.2) is 9.97 Å². The number of nitrogens with one attached hydrogen (secondary N) is 1. The van der Waals surface area contributed by atoms with Gasteiger partial charge in [-0.2, -0.15) is 5.26 Å². The van der Waals surface area contributed by atoms with E-state index >= 15 is 0 Å². The Bertz CT molecular complexity index is 607. The van der Waals surface area contributed by atoms with E-state index in [1.807, 2.05) is 12.3 Å². The number of nitrogens with zero attached hydrogens (tertiary/aromatic N) is 3. The monoisotopic (exact) mass is 252 g/mol. The lowest BCUT2D eigenvalue weighted by molar-refractivity contribution is 0.662. The number of allylic oxidation sites excluding steroid dienone is 2. The minimum atomic E-state index is 0.258. The third kappa shape index (κ3) is 2.24. The second-order valence-electron chi connectivity index (χ2n) is 5.06. The number of aryl methyl sites for hydroxylation is 1. The topological polar surface area (TPSA) is 61.6 Å². The van der Waals surface area contributed by atoms with E-state index < -0.39 is 0 Å². The molecule has 1 saturated carbocycles. The lowest BCUT2D eigenvalue weighted by Crippen LogP contribution is -2.13. The molecule has 1 fully saturated rings. The van der Waals surface area contributed by atoms with E-state index in [0.717, 1.165) is 43.6 Å². The molecule has 0 bridgehead atoms. The first kappa shape index (κ1) is 11.9. The van der Waals surface area contributed by atoms with Crippen LogP contribution in [-0.4, -0.2) is 9.97 Å². The summed E-state index contributed by atoms with van der Waals surface area (Å²) in [5.41, 5.74) is 4.65. The summed E-state index contributed by atoms with van der Waals surface area (Å²) in [5.74, 6) is 1.06. The third-order valence-electron chi connectivity index (χ3n) is 3.82. The van der Waals surface area contributed by atoms with E-state index in [9.17, 15) is 0 Å². The molecular formula is C15H16N4. The summed E-state index contributed by atoms with van der Waals surface area (Å²) < 4.78 is 0. The lowest BCUT2D eigenvalue weighted by atomic mass is 9.88. The number of hydrogen-bond donors (Lipinski definition) is 1. The number of rotatable bonds is 2. The van der Waals surface area contributed by atoms with Gasteiger partial charge in [0.05, 0.1) is 5.69 Å². The summed E-state index contributed by atoms with van der Waals surface area (Å²) in [5, 5.41) is 12.3. The van der Waals surface area contributed by atoms with Crippen molar-refractivity contribution < 1.29 is 0 Å². The van der Waals surface area contributed by atoms with Crippen molar-refractivity contribution in [2.24, 2.45) is 0 Å². The van der Waals surface area contributed by atoms with Gasteiger partial charge in [0.25, 0.3) is 0 Å². The smallest absolute Gasteiger partial charge is 0.234 e. The summed E-state index contributed by atoms with van der Waals surface area (Å²) in [6, 6.07) is 2.04. The van der Waals surface area contributed by atoms with E-state index in [4.69, 9.17) is 5.26 Å². The second-order valence-corrected chi connectivity index (χ2v) is 5.06. The highest BCUT2D eigenvalue weighted by atomic mass is 15.0. The van der Waals surface area contributed by atoms with E-state index in [-0.39, 0.29) is 5.82 Å². The van der Waals surface area contributed by atoms with Gasteiger partial charge < -0.3 is 5.32 Å². The summed E-state index contributed by atoms with van der Waals surface area (Å²) in [6.45, 7) is 3.98. The lowest BCUT2D eigenvalue weighted by Gasteiger charge is -2.21. The largest absolute Gasteiger partial charge is 0.346 e. The second kappa shape index (κ2) is 4.85. The maximum absolute atomic E-state index is 9.01. The van der Waals surface area contributed by atoms with Gasteiger partial charge in [0, 0.05) is 11.8 Å². The first-order valence-corrected chi connectivity index (χ1v) is 6.71. The van der Waals surface area contributed by atoms with Crippen LogP contribution in [0.5, 0.6) is 0 Å². The number of fused-ring (bicyclic) bond motifs is 1. The van der Waals surface area contributed by atoms with Crippen LogP contribution in [0.3, 0.4) is 0 Å². The van der Waals surface area contributed by atoms with Gasteiger partial charge in [-0.15, -0.1) is 0 Å². The number of nitriles is 1. The molecule has 1 heterocycles. The third-order valence-corrected chi connectivity index (χ3v) is 3.82. The zero-order valence-corrected chi connectivity index (χ0v) is 10.9. The Labute approximate surface area is 112 Å². The SMILES string of the molecule is C=C1CC/C1=C\Nc1nc(C#N)nc2c1CCCC2. The van der Waals surface area contributed by atoms with Gasteiger partial charge in [0.15, 0.2) is 0 Å². The number of anilines is 1. The molecule has 0 amide bonds. The van der Waals surface area contributed by atoms with Gasteiger partial charge in [-0.05, 0) is 44.1 Å². The van der Waals surface area contributed by atoms with Crippen molar-refractivity contribution >= 4 is 5.82 Å². The zero-order valence-electron chi connectivity index (χ0n) is 10.9. The molecule has 1 aromatic rings. The van der Waals surface area contributed by atoms with E-state index in [2.05, 4.69) is 21.9 Å². The van der Waals surface area contributed by atoms with Crippen molar-refractivity contribution in [2.45, 2.75) is 38.5 Å². The van der Waals surface area contributed by atoms with Crippen LogP contribution in [0, 0.1) is 11.3 Å². The highest BCUT2D eigenvalue weighted by Crippen LogP contribution is 2.31. The van der Waals surface area contributed by atoms with Gasteiger partial charge in [-0.3, -0.25) is 0 Å². The van der Waals surface area contributed by atoms with Crippen molar-refractivity contribution in [1.82, 2.24) is 9.97 Å². The van der Waals surface area contributed by atoms with E-state index in [0.29, 0.717) is 0 Å². The molecule has 96 valence electrons. The summed E-state index contributed by atoms with van der Waals surface area (Å²) in [7, 11) is 0. The van der Waals surface area contributed by atoms with Gasteiger partial charge in [0.2, 0.25) is 5.82 Å². The minimum Gasteiger partial charge on any atom is -0.346 e. The van der Waals surface area contributed by atoms with Gasteiger partial charge in [0.1, 0.15) is 11.9 Å². The number of hydrogen-bond acceptors (Lipinski definition) is 4. The molecule has 0 radical (unpaired) electrons. The molecule has 0 unspecified atom stereocenters. The molecule has 2 aliphatic carbocycles. The van der Waals surface area contributed by atoms with Crippen molar-refractivity contribution in [2.75, 3.05) is 5.32 Å². The molecule has 1 N–H and O–H groups in total. The maximum atomic E-state index is 9.01. The van der Waals surface area contributed by atoms with Crippen LogP contribution in [0.25, 0.3) is 0 Å². The van der Waals surface area contributed by atoms with Crippen molar-refractivity contribution in [3.8, 4) is 6.07 Å². The van der Waals surface area contributed by atoms with Gasteiger partial charge >= 0.3 is 0 Å². The molecule has 3 rings (SSSR count). The fourth-order valence-electron chi connectivity index (χ4n) is 2.54. The molecule has 4 heteroatoms. The average molecular weight is 252 g/mol. The van der Waals surface area contributed by atoms with Crippen LogP contribution in [0.1, 0.15) is 42.8 Å². The quantitative estimate of drug-likeness (QED) is 0.879. The Hall–Kier alpha value is -2.15. The van der Waals surface area contributed by atoms with Crippen LogP contribution in [-0.2, 0) is 12.8 Å².